The molecule has 2 heterocycles. The van der Waals surface area contributed by atoms with Crippen molar-refractivity contribution in [3.63, 3.8) is 0 Å². The van der Waals surface area contributed by atoms with Gasteiger partial charge in [0, 0.05) is 52.8 Å². The summed E-state index contributed by atoms with van der Waals surface area (Å²) in [7, 11) is 0. The van der Waals surface area contributed by atoms with Crippen molar-refractivity contribution < 1.29 is 14.7 Å². The summed E-state index contributed by atoms with van der Waals surface area (Å²) in [6.07, 6.45) is 0.395. The number of phenols is 1. The van der Waals surface area contributed by atoms with Gasteiger partial charge in [0.05, 0.1) is 5.69 Å². The number of hydrogen-bond donors (Lipinski definition) is 3. The van der Waals surface area contributed by atoms with Gasteiger partial charge < -0.3 is 20.3 Å². The van der Waals surface area contributed by atoms with Crippen LogP contribution in [0.25, 0.3) is 21.7 Å². The third-order valence-corrected chi connectivity index (χ3v) is 6.40. The number of benzene rings is 3. The number of aromatic amines is 1. The molecule has 0 spiro atoms. The van der Waals surface area contributed by atoms with Crippen molar-refractivity contribution in [1.82, 2.24) is 4.98 Å². The molecule has 162 valence electrons. The number of H-pyrrole nitrogens is 1. The molecule has 1 aromatic heterocycles. The Labute approximate surface area is 189 Å². The third kappa shape index (κ3) is 3.28. The Balaban J connectivity index is 1.54. The Bertz CT molecular complexity index is 1380. The number of nitrogens with one attached hydrogen (secondary N) is 2. The molecule has 0 radical (unpaired) electrons. The normalized spacial score (nSPS) is 15.3. The first kappa shape index (κ1) is 20.4. The fourth-order valence-electron chi connectivity index (χ4n) is 4.47. The van der Waals surface area contributed by atoms with Crippen LogP contribution in [0.3, 0.4) is 0 Å². The van der Waals surface area contributed by atoms with E-state index in [1.807, 2.05) is 36.4 Å². The van der Waals surface area contributed by atoms with Gasteiger partial charge in [-0.3, -0.25) is 9.59 Å². The van der Waals surface area contributed by atoms with E-state index in [1.165, 1.54) is 0 Å². The van der Waals surface area contributed by atoms with Gasteiger partial charge in [-0.05, 0) is 35.2 Å². The molecule has 32 heavy (non-hydrogen) atoms. The topological polar surface area (TPSA) is 85.4 Å². The number of nitrogens with zero attached hydrogens (tertiary/aromatic N) is 1. The van der Waals surface area contributed by atoms with E-state index in [1.54, 1.807) is 30.0 Å². The van der Waals surface area contributed by atoms with Crippen LogP contribution in [0, 0.1) is 0 Å². The number of carbonyl (C=O) groups is 2. The fourth-order valence-corrected chi connectivity index (χ4v) is 4.72. The average Bonchev–Trinajstić information content (AvgIpc) is 3.40. The number of anilines is 2. The molecule has 2 amide bonds. The molecule has 1 aliphatic rings. The van der Waals surface area contributed by atoms with Crippen LogP contribution in [0.2, 0.25) is 0 Å². The van der Waals surface area contributed by atoms with E-state index in [2.05, 4.69) is 10.3 Å². The van der Waals surface area contributed by atoms with Gasteiger partial charge >= 0.3 is 0 Å². The van der Waals surface area contributed by atoms with Crippen LogP contribution in [-0.2, 0) is 4.79 Å². The van der Waals surface area contributed by atoms with Gasteiger partial charge in [-0.2, -0.15) is 0 Å². The summed E-state index contributed by atoms with van der Waals surface area (Å²) in [6, 6.07) is 16.6. The molecule has 7 heteroatoms. The minimum atomic E-state index is -0.191. The van der Waals surface area contributed by atoms with E-state index in [0.717, 1.165) is 27.2 Å². The number of amides is 2. The summed E-state index contributed by atoms with van der Waals surface area (Å²) in [6.45, 7) is 2.24. The number of halogens is 1. The molecule has 3 N–H and O–H groups in total. The molecule has 0 bridgehead atoms. The Morgan fingerprint density at radius 2 is 1.94 bits per heavy atom. The van der Waals surface area contributed by atoms with E-state index in [4.69, 9.17) is 11.6 Å². The smallest absolute Gasteiger partial charge is 0.274 e. The van der Waals surface area contributed by atoms with E-state index < -0.39 is 0 Å². The van der Waals surface area contributed by atoms with Crippen molar-refractivity contribution in [2.75, 3.05) is 22.6 Å². The lowest BCUT2D eigenvalue weighted by Crippen LogP contribution is -2.30. The van der Waals surface area contributed by atoms with E-state index >= 15 is 0 Å². The maximum Gasteiger partial charge on any atom is 0.274 e. The Hall–Kier alpha value is -3.51. The molecule has 0 aliphatic carbocycles. The highest BCUT2D eigenvalue weighted by Gasteiger charge is 2.35. The zero-order chi connectivity index (χ0) is 22.4. The fraction of sp³-hybridized carbons (Fsp3) is 0.200. The van der Waals surface area contributed by atoms with Gasteiger partial charge in [0.1, 0.15) is 11.4 Å². The summed E-state index contributed by atoms with van der Waals surface area (Å²) in [5.41, 5.74) is 3.60. The summed E-state index contributed by atoms with van der Waals surface area (Å²) in [5, 5.41) is 15.9. The summed E-state index contributed by atoms with van der Waals surface area (Å²) < 4.78 is 0. The molecule has 0 fully saturated rings. The first-order chi connectivity index (χ1) is 15.5. The van der Waals surface area contributed by atoms with Crippen LogP contribution in [0.5, 0.6) is 5.75 Å². The molecular weight excluding hydrogens is 426 g/mol. The average molecular weight is 448 g/mol. The van der Waals surface area contributed by atoms with Crippen LogP contribution in [-0.4, -0.2) is 34.3 Å². The number of alkyl halides is 1. The van der Waals surface area contributed by atoms with Crippen molar-refractivity contribution in [3.8, 4) is 5.75 Å². The number of carbonyl (C=O) groups excluding carboxylic acids is 2. The lowest BCUT2D eigenvalue weighted by molar-refractivity contribution is -0.115. The van der Waals surface area contributed by atoms with Gasteiger partial charge in [-0.15, -0.1) is 11.6 Å². The van der Waals surface area contributed by atoms with Crippen molar-refractivity contribution in [3.05, 3.63) is 65.9 Å². The molecular formula is C25H22ClN3O3. The van der Waals surface area contributed by atoms with Gasteiger partial charge in [-0.1, -0.05) is 31.2 Å². The second-order valence-electron chi connectivity index (χ2n) is 8.03. The van der Waals surface area contributed by atoms with E-state index in [-0.39, 0.29) is 23.5 Å². The number of phenolic OH excluding ortho intramolecular Hbond substituents is 1. The Morgan fingerprint density at radius 1 is 1.16 bits per heavy atom. The van der Waals surface area contributed by atoms with Crippen LogP contribution in [0.15, 0.2) is 54.6 Å². The second kappa shape index (κ2) is 7.88. The van der Waals surface area contributed by atoms with Crippen molar-refractivity contribution in [2.24, 2.45) is 0 Å². The number of fused-ring (bicyclic) bond motifs is 4. The minimum Gasteiger partial charge on any atom is -0.507 e. The van der Waals surface area contributed by atoms with Crippen LogP contribution >= 0.6 is 11.6 Å². The SMILES string of the molecule is CCC(=O)Nc1ccc2[nH]c(C(=O)N3C[C@@H](CCl)c4c3cc(O)c3ccccc43)cc2c1. The zero-order valence-corrected chi connectivity index (χ0v) is 18.2. The molecule has 4 aromatic rings. The number of rotatable bonds is 4. The minimum absolute atomic E-state index is 0.0265. The molecule has 0 unspecified atom stereocenters. The lowest BCUT2D eigenvalue weighted by Gasteiger charge is -2.17. The van der Waals surface area contributed by atoms with E-state index in [0.29, 0.717) is 35.9 Å². The summed E-state index contributed by atoms with van der Waals surface area (Å²) in [5.74, 6) is 0.230. The highest BCUT2D eigenvalue weighted by atomic mass is 35.5. The van der Waals surface area contributed by atoms with Crippen LogP contribution < -0.4 is 10.2 Å². The van der Waals surface area contributed by atoms with Gasteiger partial charge in [0.15, 0.2) is 0 Å². The first-order valence-corrected chi connectivity index (χ1v) is 11.1. The number of hydrogen-bond acceptors (Lipinski definition) is 3. The van der Waals surface area contributed by atoms with Gasteiger partial charge in [-0.25, -0.2) is 0 Å². The molecule has 0 saturated carbocycles. The lowest BCUT2D eigenvalue weighted by atomic mass is 9.95. The standard InChI is InChI=1S/C25H22ClN3O3/c1-2-23(31)27-16-7-8-19-14(9-16)10-20(28-19)25(32)29-13-15(12-26)24-18-6-4-3-5-17(18)22(30)11-21(24)29/h3-11,15,28,30H,2,12-13H2,1H3,(H,27,31)/t15-/m1/s1. The predicted molar refractivity (Wildman–Crippen MR) is 128 cm³/mol. The molecule has 5 rings (SSSR count). The molecule has 1 aliphatic heterocycles. The molecule has 6 nitrogen and oxygen atoms in total. The van der Waals surface area contributed by atoms with Crippen molar-refractivity contribution in [2.45, 2.75) is 19.3 Å². The predicted octanol–water partition coefficient (Wildman–Crippen LogP) is 5.36. The van der Waals surface area contributed by atoms with Crippen molar-refractivity contribution >= 4 is 56.5 Å². The Kier molecular flexibility index (Phi) is 5.02. The first-order valence-electron chi connectivity index (χ1n) is 10.5. The molecule has 0 saturated heterocycles. The van der Waals surface area contributed by atoms with E-state index in [9.17, 15) is 14.7 Å². The second-order valence-corrected chi connectivity index (χ2v) is 8.34. The molecule has 3 aromatic carbocycles. The Morgan fingerprint density at radius 3 is 2.69 bits per heavy atom. The summed E-state index contributed by atoms with van der Waals surface area (Å²) >= 11 is 6.28. The molecule has 1 atom stereocenters. The largest absolute Gasteiger partial charge is 0.507 e. The number of aromatic hydroxyl groups is 1. The highest BCUT2D eigenvalue weighted by Crippen LogP contribution is 2.45. The maximum atomic E-state index is 13.5. The third-order valence-electron chi connectivity index (χ3n) is 6.03. The van der Waals surface area contributed by atoms with Gasteiger partial charge in [0.2, 0.25) is 5.91 Å². The maximum absolute atomic E-state index is 13.5. The zero-order valence-electron chi connectivity index (χ0n) is 17.5. The quantitative estimate of drug-likeness (QED) is 0.368. The van der Waals surface area contributed by atoms with Gasteiger partial charge in [0.25, 0.3) is 5.91 Å². The monoisotopic (exact) mass is 447 g/mol. The number of aromatic nitrogens is 1. The van der Waals surface area contributed by atoms with Crippen LogP contribution in [0.4, 0.5) is 11.4 Å². The van der Waals surface area contributed by atoms with Crippen molar-refractivity contribution in [1.29, 1.82) is 0 Å². The highest BCUT2D eigenvalue weighted by molar-refractivity contribution is 6.19. The summed E-state index contributed by atoms with van der Waals surface area (Å²) in [4.78, 5) is 30.1. The van der Waals surface area contributed by atoms with Crippen LogP contribution in [0.1, 0.15) is 35.3 Å².